The van der Waals surface area contributed by atoms with Crippen LogP contribution < -0.4 is 11.5 Å². The van der Waals surface area contributed by atoms with Gasteiger partial charge in [0.05, 0.1) is 11.3 Å². The van der Waals surface area contributed by atoms with E-state index in [1.807, 2.05) is 0 Å². The van der Waals surface area contributed by atoms with E-state index in [-0.39, 0.29) is 5.57 Å². The highest BCUT2D eigenvalue weighted by molar-refractivity contribution is 6.22. The Morgan fingerprint density at radius 1 is 1.29 bits per heavy atom. The first-order chi connectivity index (χ1) is 6.61. The third kappa shape index (κ3) is 2.41. The van der Waals surface area contributed by atoms with Crippen molar-refractivity contribution in [2.75, 3.05) is 0 Å². The largest absolute Gasteiger partial charge is 0.366 e. The van der Waals surface area contributed by atoms with E-state index in [0.29, 0.717) is 5.69 Å². The molecule has 1 aromatic rings. The van der Waals surface area contributed by atoms with Gasteiger partial charge in [0.25, 0.3) is 5.91 Å². The summed E-state index contributed by atoms with van der Waals surface area (Å²) >= 11 is 0. The second-order valence-corrected chi connectivity index (χ2v) is 2.54. The monoisotopic (exact) mass is 191 g/mol. The Kier molecular flexibility index (Phi) is 2.96. The van der Waals surface area contributed by atoms with Gasteiger partial charge in [-0.25, -0.2) is 0 Å². The summed E-state index contributed by atoms with van der Waals surface area (Å²) in [5, 5.41) is 0. The fraction of sp³-hybridized carbons (Fsp3) is 0. The lowest BCUT2D eigenvalue weighted by molar-refractivity contribution is -0.115. The van der Waals surface area contributed by atoms with E-state index in [0.717, 1.165) is 6.08 Å². The van der Waals surface area contributed by atoms with Gasteiger partial charge >= 0.3 is 0 Å². The Balaban J connectivity index is 3.14. The minimum absolute atomic E-state index is 0.0121. The van der Waals surface area contributed by atoms with Crippen LogP contribution in [0.3, 0.4) is 0 Å². The van der Waals surface area contributed by atoms with Gasteiger partial charge in [0.2, 0.25) is 5.91 Å². The molecule has 0 atom stereocenters. The molecule has 0 aromatic carbocycles. The first kappa shape index (κ1) is 9.91. The molecular formula is C9H9N3O2. The number of aromatic nitrogens is 1. The average molecular weight is 191 g/mol. The molecule has 14 heavy (non-hydrogen) atoms. The van der Waals surface area contributed by atoms with Gasteiger partial charge < -0.3 is 11.5 Å². The maximum absolute atomic E-state index is 10.9. The summed E-state index contributed by atoms with van der Waals surface area (Å²) in [7, 11) is 0. The number of hydrogen-bond acceptors (Lipinski definition) is 3. The highest BCUT2D eigenvalue weighted by Crippen LogP contribution is 2.09. The maximum atomic E-state index is 10.9. The molecule has 1 heterocycles. The summed E-state index contributed by atoms with van der Waals surface area (Å²) in [4.78, 5) is 25.4. The molecule has 0 aliphatic rings. The molecule has 0 radical (unpaired) electrons. The molecule has 72 valence electrons. The fourth-order valence-electron chi connectivity index (χ4n) is 0.936. The van der Waals surface area contributed by atoms with E-state index in [1.54, 1.807) is 18.2 Å². The molecule has 0 saturated heterocycles. The number of nitrogens with two attached hydrogens (primary N) is 2. The predicted octanol–water partition coefficient (Wildman–Crippen LogP) is -0.564. The maximum Gasteiger partial charge on any atom is 0.251 e. The summed E-state index contributed by atoms with van der Waals surface area (Å²) in [5.41, 5.74) is 10.3. The summed E-state index contributed by atoms with van der Waals surface area (Å²) in [6, 6.07) is 4.94. The molecule has 5 nitrogen and oxygen atoms in total. The van der Waals surface area contributed by atoms with E-state index < -0.39 is 11.8 Å². The summed E-state index contributed by atoms with van der Waals surface area (Å²) in [5.74, 6) is -1.47. The average Bonchev–Trinajstić information content (AvgIpc) is 2.15. The molecular weight excluding hydrogens is 182 g/mol. The number of carbonyl (C=O) groups excluding carboxylic acids is 2. The molecule has 1 aromatic heterocycles. The van der Waals surface area contributed by atoms with Crippen LogP contribution in [0.15, 0.2) is 30.5 Å². The van der Waals surface area contributed by atoms with Crippen molar-refractivity contribution in [3.05, 3.63) is 36.2 Å². The van der Waals surface area contributed by atoms with Crippen molar-refractivity contribution in [3.63, 3.8) is 0 Å². The zero-order valence-corrected chi connectivity index (χ0v) is 7.31. The zero-order valence-electron chi connectivity index (χ0n) is 7.31. The van der Waals surface area contributed by atoms with Gasteiger partial charge in [-0.1, -0.05) is 6.07 Å². The number of nitrogens with zero attached hydrogens (tertiary/aromatic N) is 1. The first-order valence-electron chi connectivity index (χ1n) is 3.83. The molecule has 5 heteroatoms. The van der Waals surface area contributed by atoms with Gasteiger partial charge in [-0.3, -0.25) is 14.6 Å². The van der Waals surface area contributed by atoms with Gasteiger partial charge in [0.15, 0.2) is 0 Å². The third-order valence-electron chi connectivity index (χ3n) is 1.49. The number of amides is 2. The number of hydrogen-bond donors (Lipinski definition) is 2. The van der Waals surface area contributed by atoms with Crippen molar-refractivity contribution in [2.45, 2.75) is 0 Å². The van der Waals surface area contributed by atoms with Crippen LogP contribution in [0.25, 0.3) is 5.57 Å². The van der Waals surface area contributed by atoms with Crippen LogP contribution in [0, 0.1) is 0 Å². The zero-order chi connectivity index (χ0) is 10.6. The van der Waals surface area contributed by atoms with Crippen LogP contribution in [0.1, 0.15) is 5.69 Å². The second-order valence-electron chi connectivity index (χ2n) is 2.54. The van der Waals surface area contributed by atoms with Crippen LogP contribution in [0.5, 0.6) is 0 Å². The lowest BCUT2D eigenvalue weighted by Gasteiger charge is -2.00. The molecule has 4 N–H and O–H groups in total. The summed E-state index contributed by atoms with van der Waals surface area (Å²) < 4.78 is 0. The minimum atomic E-state index is -0.734. The molecule has 0 aliphatic carbocycles. The second kappa shape index (κ2) is 4.18. The van der Waals surface area contributed by atoms with E-state index in [9.17, 15) is 9.59 Å². The van der Waals surface area contributed by atoms with Crippen LogP contribution in [-0.4, -0.2) is 16.8 Å². The molecule has 2 amide bonds. The molecule has 1 rings (SSSR count). The third-order valence-corrected chi connectivity index (χ3v) is 1.49. The van der Waals surface area contributed by atoms with Gasteiger partial charge in [-0.05, 0) is 12.1 Å². The van der Waals surface area contributed by atoms with Crippen molar-refractivity contribution in [2.24, 2.45) is 11.5 Å². The molecule has 0 bridgehead atoms. The predicted molar refractivity (Wildman–Crippen MR) is 50.6 cm³/mol. The van der Waals surface area contributed by atoms with Gasteiger partial charge in [0, 0.05) is 12.3 Å². The van der Waals surface area contributed by atoms with Crippen LogP contribution in [0.4, 0.5) is 0 Å². The normalized spacial score (nSPS) is 11.0. The van der Waals surface area contributed by atoms with Crippen molar-refractivity contribution in [1.82, 2.24) is 4.98 Å². The lowest BCUT2D eigenvalue weighted by Crippen LogP contribution is -2.17. The number of rotatable bonds is 3. The Morgan fingerprint density at radius 2 is 2.00 bits per heavy atom. The Labute approximate surface area is 80.4 Å². The van der Waals surface area contributed by atoms with E-state index in [2.05, 4.69) is 4.98 Å². The highest BCUT2D eigenvalue weighted by atomic mass is 16.1. The number of primary amides is 2. The van der Waals surface area contributed by atoms with Gasteiger partial charge in [0.1, 0.15) is 0 Å². The molecule has 0 fully saturated rings. The number of carbonyl (C=O) groups is 2. The SMILES string of the molecule is NC(=O)/C=C(\C(N)=O)c1ccccn1. The molecule has 0 aliphatic heterocycles. The van der Waals surface area contributed by atoms with E-state index in [4.69, 9.17) is 11.5 Å². The molecule has 0 unspecified atom stereocenters. The van der Waals surface area contributed by atoms with Crippen molar-refractivity contribution in [1.29, 1.82) is 0 Å². The topological polar surface area (TPSA) is 99.1 Å². The molecule has 0 saturated carbocycles. The number of pyridine rings is 1. The standard InChI is InChI=1S/C9H9N3O2/c10-8(13)5-6(9(11)14)7-3-1-2-4-12-7/h1-5H,(H2,10,13)(H2,11,14)/b6-5-. The van der Waals surface area contributed by atoms with Crippen molar-refractivity contribution < 1.29 is 9.59 Å². The first-order valence-corrected chi connectivity index (χ1v) is 3.83. The lowest BCUT2D eigenvalue weighted by atomic mass is 10.1. The smallest absolute Gasteiger partial charge is 0.251 e. The quantitative estimate of drug-likeness (QED) is 0.626. The fourth-order valence-corrected chi connectivity index (χ4v) is 0.936. The van der Waals surface area contributed by atoms with Crippen molar-refractivity contribution in [3.8, 4) is 0 Å². The van der Waals surface area contributed by atoms with Gasteiger partial charge in [-0.15, -0.1) is 0 Å². The highest BCUT2D eigenvalue weighted by Gasteiger charge is 2.09. The Bertz CT molecular complexity index is 384. The van der Waals surface area contributed by atoms with Crippen LogP contribution in [0.2, 0.25) is 0 Å². The van der Waals surface area contributed by atoms with Crippen molar-refractivity contribution >= 4 is 17.4 Å². The van der Waals surface area contributed by atoms with Crippen LogP contribution >= 0.6 is 0 Å². The van der Waals surface area contributed by atoms with E-state index >= 15 is 0 Å². The molecule has 0 spiro atoms. The minimum Gasteiger partial charge on any atom is -0.366 e. The Hall–Kier alpha value is -2.17. The van der Waals surface area contributed by atoms with Gasteiger partial charge in [-0.2, -0.15) is 0 Å². The van der Waals surface area contributed by atoms with E-state index in [1.165, 1.54) is 6.20 Å². The Morgan fingerprint density at radius 3 is 2.43 bits per heavy atom. The summed E-state index contributed by atoms with van der Waals surface area (Å²) in [6.07, 6.45) is 2.46. The summed E-state index contributed by atoms with van der Waals surface area (Å²) in [6.45, 7) is 0. The van der Waals surface area contributed by atoms with Crippen LogP contribution in [-0.2, 0) is 9.59 Å².